The van der Waals surface area contributed by atoms with Crippen molar-refractivity contribution in [1.82, 2.24) is 0 Å². The summed E-state index contributed by atoms with van der Waals surface area (Å²) >= 11 is 0. The minimum atomic E-state index is -0.0400. The Bertz CT molecular complexity index is 422. The molecule has 0 saturated carbocycles. The second-order valence-corrected chi connectivity index (χ2v) is 3.58. The normalized spacial score (nSPS) is 9.87. The van der Waals surface area contributed by atoms with Gasteiger partial charge in [-0.2, -0.15) is 0 Å². The lowest BCUT2D eigenvalue weighted by Crippen LogP contribution is -2.05. The van der Waals surface area contributed by atoms with Gasteiger partial charge < -0.3 is 5.32 Å². The fraction of sp³-hybridized carbons (Fsp3) is 0.333. The Balaban J connectivity index is 3.43. The average molecular weight is 205 g/mol. The van der Waals surface area contributed by atoms with E-state index in [2.05, 4.69) is 5.32 Å². The summed E-state index contributed by atoms with van der Waals surface area (Å²) in [4.78, 5) is 22.7. The van der Waals surface area contributed by atoms with Crippen molar-refractivity contribution in [1.29, 1.82) is 0 Å². The number of benzene rings is 1. The molecule has 1 aromatic carbocycles. The molecule has 0 radical (unpaired) electrons. The number of carbonyl (C=O) groups excluding carboxylic acids is 2. The van der Waals surface area contributed by atoms with Crippen molar-refractivity contribution in [3.05, 3.63) is 28.8 Å². The molecule has 0 bridgehead atoms. The lowest BCUT2D eigenvalue weighted by Gasteiger charge is -2.10. The highest BCUT2D eigenvalue weighted by atomic mass is 16.1. The molecule has 0 aliphatic carbocycles. The molecule has 0 amide bonds. The van der Waals surface area contributed by atoms with Crippen molar-refractivity contribution >= 4 is 17.3 Å². The molecular weight excluding hydrogens is 190 g/mol. The molecule has 15 heavy (non-hydrogen) atoms. The fourth-order valence-corrected chi connectivity index (χ4v) is 1.59. The first-order valence-electron chi connectivity index (χ1n) is 4.81. The van der Waals surface area contributed by atoms with E-state index in [9.17, 15) is 9.59 Å². The molecule has 0 spiro atoms. The molecule has 1 rings (SSSR count). The summed E-state index contributed by atoms with van der Waals surface area (Å²) in [7, 11) is 1.76. The van der Waals surface area contributed by atoms with Gasteiger partial charge in [0.2, 0.25) is 0 Å². The molecular formula is C12H15NO2. The zero-order chi connectivity index (χ0) is 11.6. The Labute approximate surface area is 89.5 Å². The molecule has 1 N–H and O–H groups in total. The van der Waals surface area contributed by atoms with Crippen LogP contribution in [-0.4, -0.2) is 18.6 Å². The second-order valence-electron chi connectivity index (χ2n) is 3.58. The minimum absolute atomic E-state index is 0.0161. The number of aryl methyl sites for hydroxylation is 1. The maximum atomic E-state index is 11.4. The SMILES string of the molecule is CNc1cc(C)c(C(C)=O)cc1C(C)=O. The number of carbonyl (C=O) groups is 2. The molecule has 3 nitrogen and oxygen atoms in total. The summed E-state index contributed by atoms with van der Waals surface area (Å²) in [6.07, 6.45) is 0. The van der Waals surface area contributed by atoms with Crippen LogP contribution in [-0.2, 0) is 0 Å². The quantitative estimate of drug-likeness (QED) is 0.771. The van der Waals surface area contributed by atoms with E-state index in [1.54, 1.807) is 13.1 Å². The first-order valence-corrected chi connectivity index (χ1v) is 4.81. The Morgan fingerprint density at radius 1 is 1.07 bits per heavy atom. The smallest absolute Gasteiger partial charge is 0.161 e. The predicted octanol–water partition coefficient (Wildman–Crippen LogP) is 2.44. The van der Waals surface area contributed by atoms with E-state index in [-0.39, 0.29) is 11.6 Å². The first kappa shape index (κ1) is 11.4. The molecule has 1 aromatic rings. The lowest BCUT2D eigenvalue weighted by atomic mass is 9.98. The van der Waals surface area contributed by atoms with Crippen LogP contribution in [0.4, 0.5) is 5.69 Å². The summed E-state index contributed by atoms with van der Waals surface area (Å²) in [5.74, 6) is -0.0560. The Hall–Kier alpha value is -1.64. The molecule has 0 atom stereocenters. The van der Waals surface area contributed by atoms with E-state index in [1.165, 1.54) is 13.8 Å². The molecule has 0 aliphatic rings. The van der Waals surface area contributed by atoms with E-state index in [0.717, 1.165) is 11.3 Å². The van der Waals surface area contributed by atoms with Crippen molar-refractivity contribution in [2.24, 2.45) is 0 Å². The highest BCUT2D eigenvalue weighted by Crippen LogP contribution is 2.21. The van der Waals surface area contributed by atoms with Crippen molar-refractivity contribution < 1.29 is 9.59 Å². The standard InChI is InChI=1S/C12H15NO2/c1-7-5-12(13-4)11(9(3)15)6-10(7)8(2)14/h5-6,13H,1-4H3. The van der Waals surface area contributed by atoms with Gasteiger partial charge >= 0.3 is 0 Å². The van der Waals surface area contributed by atoms with Gasteiger partial charge in [-0.25, -0.2) is 0 Å². The molecule has 3 heteroatoms. The van der Waals surface area contributed by atoms with Crippen molar-refractivity contribution in [2.45, 2.75) is 20.8 Å². The first-order chi connectivity index (χ1) is 6.97. The van der Waals surface area contributed by atoms with E-state index < -0.39 is 0 Å². The van der Waals surface area contributed by atoms with Crippen molar-refractivity contribution in [3.8, 4) is 0 Å². The number of rotatable bonds is 3. The number of hydrogen-bond acceptors (Lipinski definition) is 3. The molecule has 0 heterocycles. The Morgan fingerprint density at radius 3 is 2.00 bits per heavy atom. The van der Waals surface area contributed by atoms with Crippen LogP contribution in [0, 0.1) is 6.92 Å². The number of Topliss-reactive ketones (excluding diaryl/α,β-unsaturated/α-hetero) is 2. The highest BCUT2D eigenvalue weighted by molar-refractivity contribution is 6.04. The van der Waals surface area contributed by atoms with Crippen LogP contribution in [0.1, 0.15) is 40.1 Å². The van der Waals surface area contributed by atoms with Gasteiger partial charge in [-0.3, -0.25) is 9.59 Å². The van der Waals surface area contributed by atoms with E-state index >= 15 is 0 Å². The fourth-order valence-electron chi connectivity index (χ4n) is 1.59. The molecule has 80 valence electrons. The van der Waals surface area contributed by atoms with Gasteiger partial charge in [0, 0.05) is 23.9 Å². The van der Waals surface area contributed by atoms with Gasteiger partial charge in [0.15, 0.2) is 11.6 Å². The Kier molecular flexibility index (Phi) is 3.24. The van der Waals surface area contributed by atoms with Crippen molar-refractivity contribution in [2.75, 3.05) is 12.4 Å². The topological polar surface area (TPSA) is 46.2 Å². The van der Waals surface area contributed by atoms with Crippen molar-refractivity contribution in [3.63, 3.8) is 0 Å². The lowest BCUT2D eigenvalue weighted by molar-refractivity contribution is 0.101. The molecule has 0 fully saturated rings. The molecule has 0 aliphatic heterocycles. The van der Waals surface area contributed by atoms with Gasteiger partial charge in [-0.15, -0.1) is 0 Å². The van der Waals surface area contributed by atoms with Gasteiger partial charge in [0.05, 0.1) is 0 Å². The molecule has 0 unspecified atom stereocenters. The summed E-state index contributed by atoms with van der Waals surface area (Å²) in [6, 6.07) is 3.49. The second kappa shape index (κ2) is 4.26. The largest absolute Gasteiger partial charge is 0.388 e. The number of hydrogen-bond donors (Lipinski definition) is 1. The van der Waals surface area contributed by atoms with Gasteiger partial charge in [0.1, 0.15) is 0 Å². The van der Waals surface area contributed by atoms with Gasteiger partial charge in [-0.1, -0.05) is 0 Å². The van der Waals surface area contributed by atoms with Crippen LogP contribution in [0.2, 0.25) is 0 Å². The van der Waals surface area contributed by atoms with Crippen LogP contribution in [0.15, 0.2) is 12.1 Å². The third kappa shape index (κ3) is 2.24. The van der Waals surface area contributed by atoms with E-state index in [4.69, 9.17) is 0 Å². The zero-order valence-corrected chi connectivity index (χ0v) is 9.47. The average Bonchev–Trinajstić information content (AvgIpc) is 2.16. The predicted molar refractivity (Wildman–Crippen MR) is 60.7 cm³/mol. The van der Waals surface area contributed by atoms with Crippen LogP contribution in [0.3, 0.4) is 0 Å². The van der Waals surface area contributed by atoms with Gasteiger partial charge in [-0.05, 0) is 38.5 Å². The summed E-state index contributed by atoms with van der Waals surface area (Å²) in [6.45, 7) is 4.86. The Morgan fingerprint density at radius 2 is 1.60 bits per heavy atom. The monoisotopic (exact) mass is 205 g/mol. The van der Waals surface area contributed by atoms with Crippen LogP contribution >= 0.6 is 0 Å². The van der Waals surface area contributed by atoms with E-state index in [0.29, 0.717) is 11.1 Å². The van der Waals surface area contributed by atoms with Crippen LogP contribution in [0.25, 0.3) is 0 Å². The third-order valence-electron chi connectivity index (χ3n) is 2.39. The number of anilines is 1. The van der Waals surface area contributed by atoms with Crippen LogP contribution in [0.5, 0.6) is 0 Å². The maximum absolute atomic E-state index is 11.4. The summed E-state index contributed by atoms with van der Waals surface area (Å²) in [5.41, 5.74) is 2.83. The third-order valence-corrected chi connectivity index (χ3v) is 2.39. The minimum Gasteiger partial charge on any atom is -0.388 e. The van der Waals surface area contributed by atoms with E-state index in [1.807, 2.05) is 13.0 Å². The summed E-state index contributed by atoms with van der Waals surface area (Å²) in [5, 5.41) is 2.95. The molecule has 0 aromatic heterocycles. The zero-order valence-electron chi connectivity index (χ0n) is 9.47. The van der Waals surface area contributed by atoms with Crippen LogP contribution < -0.4 is 5.32 Å². The number of nitrogens with one attached hydrogen (secondary N) is 1. The molecule has 0 saturated heterocycles. The number of ketones is 2. The van der Waals surface area contributed by atoms with Gasteiger partial charge in [0.25, 0.3) is 0 Å². The highest BCUT2D eigenvalue weighted by Gasteiger charge is 2.12. The maximum Gasteiger partial charge on any atom is 0.161 e. The summed E-state index contributed by atoms with van der Waals surface area (Å²) < 4.78 is 0.